The molecule has 3 aliphatic rings. The number of Topliss-reactive ketones (excluding diaryl/α,β-unsaturated/α-hetero) is 1. The Morgan fingerprint density at radius 1 is 0.891 bits per heavy atom. The molecule has 1 heterocycles. The summed E-state index contributed by atoms with van der Waals surface area (Å²) in [6, 6.07) is -4.45. The van der Waals surface area contributed by atoms with Crippen LogP contribution in [0.5, 0.6) is 0 Å². The van der Waals surface area contributed by atoms with Gasteiger partial charge in [0.25, 0.3) is 5.91 Å². The minimum absolute atomic E-state index is 0.0476. The molecule has 2 unspecified atom stereocenters. The molecule has 0 bridgehead atoms. The van der Waals surface area contributed by atoms with E-state index in [1.165, 1.54) is 4.90 Å². The maximum absolute atomic E-state index is 14.3. The standard InChI is InChI=1S/C33H57N5O7S/c1-30(2,3)21(17-46(44,45)32(7,8)9)36-29(43)37-25(31(4,5)6)28(42)38-16-19-22(33(19,10)11)23(38)27(41)35-20(24(39)26(34)40)15-18-13-12-14-18/h18-23,25H,12-17H2,1-11H3,(H2,34,40)(H,35,41)(H2,36,37,43)/t19-,20?,21+,22?,23-,25+/m0/s1. The molecule has 0 aromatic heterocycles. The van der Waals surface area contributed by atoms with Gasteiger partial charge < -0.3 is 26.6 Å². The third-order valence-electron chi connectivity index (χ3n) is 10.5. The summed E-state index contributed by atoms with van der Waals surface area (Å²) in [5.41, 5.74) is 3.72. The highest BCUT2D eigenvalue weighted by molar-refractivity contribution is 7.92. The Morgan fingerprint density at radius 3 is 1.89 bits per heavy atom. The molecule has 46 heavy (non-hydrogen) atoms. The normalized spacial score (nSPS) is 24.9. The summed E-state index contributed by atoms with van der Waals surface area (Å²) >= 11 is 0. The minimum Gasteiger partial charge on any atom is -0.363 e. The number of ketones is 1. The molecule has 2 aliphatic carbocycles. The van der Waals surface area contributed by atoms with Crippen molar-refractivity contribution in [2.75, 3.05) is 12.3 Å². The van der Waals surface area contributed by atoms with Gasteiger partial charge in [-0.15, -0.1) is 0 Å². The number of nitrogens with one attached hydrogen (secondary N) is 3. The van der Waals surface area contributed by atoms with Crippen molar-refractivity contribution in [1.29, 1.82) is 0 Å². The summed E-state index contributed by atoms with van der Waals surface area (Å²) < 4.78 is 25.1. The number of sulfone groups is 1. The lowest BCUT2D eigenvalue weighted by molar-refractivity contribution is -0.145. The van der Waals surface area contributed by atoms with Crippen molar-refractivity contribution in [3.8, 4) is 0 Å². The molecule has 0 aromatic rings. The molecule has 3 rings (SSSR count). The van der Waals surface area contributed by atoms with E-state index in [0.717, 1.165) is 19.3 Å². The quantitative estimate of drug-likeness (QED) is 0.244. The van der Waals surface area contributed by atoms with Crippen LogP contribution in [0.25, 0.3) is 0 Å². The van der Waals surface area contributed by atoms with E-state index >= 15 is 0 Å². The Bertz CT molecular complexity index is 1340. The van der Waals surface area contributed by atoms with Crippen molar-refractivity contribution < 1.29 is 32.4 Å². The molecule has 13 heteroatoms. The first-order chi connectivity index (χ1) is 20.7. The van der Waals surface area contributed by atoms with Gasteiger partial charge in [0, 0.05) is 12.6 Å². The summed E-state index contributed by atoms with van der Waals surface area (Å²) in [5.74, 6) is -3.10. The molecule has 5 N–H and O–H groups in total. The number of primary amides is 1. The zero-order chi connectivity index (χ0) is 35.4. The van der Waals surface area contributed by atoms with E-state index in [9.17, 15) is 32.4 Å². The third kappa shape index (κ3) is 8.05. The van der Waals surface area contributed by atoms with E-state index in [1.54, 1.807) is 41.5 Å². The van der Waals surface area contributed by atoms with Gasteiger partial charge in [-0.1, -0.05) is 74.7 Å². The van der Waals surface area contributed by atoms with Gasteiger partial charge >= 0.3 is 6.03 Å². The number of rotatable bonds is 11. The number of amides is 5. The summed E-state index contributed by atoms with van der Waals surface area (Å²) in [7, 11) is -3.58. The Balaban J connectivity index is 1.85. The number of carbonyl (C=O) groups is 5. The van der Waals surface area contributed by atoms with Gasteiger partial charge in [0.1, 0.15) is 12.1 Å². The molecule has 2 saturated carbocycles. The van der Waals surface area contributed by atoms with Crippen LogP contribution in [-0.2, 0) is 29.0 Å². The highest BCUT2D eigenvalue weighted by Crippen LogP contribution is 2.65. The van der Waals surface area contributed by atoms with Crippen LogP contribution in [0.2, 0.25) is 0 Å². The van der Waals surface area contributed by atoms with Crippen molar-refractivity contribution in [1.82, 2.24) is 20.9 Å². The fourth-order valence-corrected chi connectivity index (χ4v) is 8.18. The van der Waals surface area contributed by atoms with E-state index in [0.29, 0.717) is 13.0 Å². The topological polar surface area (TPSA) is 185 Å². The van der Waals surface area contributed by atoms with E-state index in [4.69, 9.17) is 5.73 Å². The molecule has 5 amide bonds. The lowest BCUT2D eigenvalue weighted by atomic mass is 9.80. The maximum Gasteiger partial charge on any atom is 0.315 e. The molecule has 262 valence electrons. The number of hydrogen-bond donors (Lipinski definition) is 4. The van der Waals surface area contributed by atoms with Crippen LogP contribution in [0.1, 0.15) is 102 Å². The molecule has 0 spiro atoms. The van der Waals surface area contributed by atoms with E-state index in [-0.39, 0.29) is 28.9 Å². The van der Waals surface area contributed by atoms with Gasteiger partial charge in [0.05, 0.1) is 16.5 Å². The number of fused-ring (bicyclic) bond motifs is 1. The molecule has 1 aliphatic heterocycles. The average Bonchev–Trinajstić information content (AvgIpc) is 3.18. The number of piperidine rings is 1. The first-order valence-corrected chi connectivity index (χ1v) is 18.1. The number of carbonyl (C=O) groups excluding carboxylic acids is 5. The number of nitrogens with zero attached hydrogens (tertiary/aromatic N) is 1. The number of likely N-dealkylation sites (tertiary alicyclic amines) is 1. The second kappa shape index (κ2) is 12.7. The van der Waals surface area contributed by atoms with Crippen LogP contribution in [-0.4, -0.2) is 84.1 Å². The van der Waals surface area contributed by atoms with Gasteiger partial charge in [0.15, 0.2) is 9.84 Å². The number of nitrogens with two attached hydrogens (primary N) is 1. The highest BCUT2D eigenvalue weighted by Gasteiger charge is 2.70. The zero-order valence-electron chi connectivity index (χ0n) is 29.6. The Morgan fingerprint density at radius 2 is 1.46 bits per heavy atom. The van der Waals surface area contributed by atoms with Crippen molar-refractivity contribution in [2.45, 2.75) is 131 Å². The van der Waals surface area contributed by atoms with Gasteiger partial charge in [-0.25, -0.2) is 13.2 Å². The summed E-state index contributed by atoms with van der Waals surface area (Å²) in [6.45, 7) is 20.1. The molecule has 1 saturated heterocycles. The highest BCUT2D eigenvalue weighted by atomic mass is 32.2. The second-order valence-electron chi connectivity index (χ2n) is 17.4. The Hall–Kier alpha value is -2.70. The SMILES string of the molecule is CC(C)(C)[C@H](NC(=O)N[C@H](CS(=O)(=O)C(C)(C)C)C(C)(C)C)C(=O)N1C[C@H]2C([C@H]1C(=O)NC(CC1CCC1)C(=O)C(N)=O)C2(C)C. The summed E-state index contributed by atoms with van der Waals surface area (Å²) in [6.07, 6.45) is 3.15. The van der Waals surface area contributed by atoms with Gasteiger partial charge in [0.2, 0.25) is 17.6 Å². The molecule has 0 radical (unpaired) electrons. The minimum atomic E-state index is -3.58. The lowest BCUT2D eigenvalue weighted by Gasteiger charge is -2.39. The molecular formula is C33H57N5O7S. The van der Waals surface area contributed by atoms with E-state index in [2.05, 4.69) is 16.0 Å². The zero-order valence-corrected chi connectivity index (χ0v) is 30.4. The van der Waals surface area contributed by atoms with Crippen LogP contribution in [0.15, 0.2) is 0 Å². The first-order valence-electron chi connectivity index (χ1n) is 16.4. The molecule has 6 atom stereocenters. The van der Waals surface area contributed by atoms with Crippen LogP contribution in [0, 0.1) is 34.0 Å². The third-order valence-corrected chi connectivity index (χ3v) is 13.1. The second-order valence-corrected chi connectivity index (χ2v) is 20.2. The summed E-state index contributed by atoms with van der Waals surface area (Å²) in [5, 5.41) is 8.39. The van der Waals surface area contributed by atoms with E-state index < -0.39 is 79.1 Å². The van der Waals surface area contributed by atoms with Crippen LogP contribution in [0.4, 0.5) is 4.79 Å². The van der Waals surface area contributed by atoms with Crippen molar-refractivity contribution in [3.63, 3.8) is 0 Å². The number of urea groups is 1. The summed E-state index contributed by atoms with van der Waals surface area (Å²) in [4.78, 5) is 67.7. The monoisotopic (exact) mass is 667 g/mol. The maximum atomic E-state index is 14.3. The average molecular weight is 668 g/mol. The molecule has 0 aromatic carbocycles. The lowest BCUT2D eigenvalue weighted by Crippen LogP contribution is -2.62. The Labute approximate surface area is 275 Å². The van der Waals surface area contributed by atoms with Crippen molar-refractivity contribution in [2.24, 2.45) is 39.7 Å². The van der Waals surface area contributed by atoms with Crippen LogP contribution in [0.3, 0.4) is 0 Å². The molecule has 3 fully saturated rings. The molecular weight excluding hydrogens is 610 g/mol. The van der Waals surface area contributed by atoms with Gasteiger partial charge in [-0.3, -0.25) is 19.2 Å². The van der Waals surface area contributed by atoms with Gasteiger partial charge in [-0.05, 0) is 61.2 Å². The Kier molecular flexibility index (Phi) is 10.4. The first kappa shape index (κ1) is 37.8. The van der Waals surface area contributed by atoms with Crippen LogP contribution >= 0.6 is 0 Å². The van der Waals surface area contributed by atoms with Crippen LogP contribution < -0.4 is 21.7 Å². The van der Waals surface area contributed by atoms with E-state index in [1.807, 2.05) is 34.6 Å². The van der Waals surface area contributed by atoms with Crippen molar-refractivity contribution in [3.05, 3.63) is 0 Å². The fourth-order valence-electron chi connectivity index (χ4n) is 6.66. The molecule has 12 nitrogen and oxygen atoms in total. The smallest absolute Gasteiger partial charge is 0.315 e. The van der Waals surface area contributed by atoms with Gasteiger partial charge in [-0.2, -0.15) is 0 Å². The largest absolute Gasteiger partial charge is 0.363 e. The fraction of sp³-hybridized carbons (Fsp3) is 0.848. The number of hydrogen-bond acceptors (Lipinski definition) is 7. The predicted molar refractivity (Wildman–Crippen MR) is 176 cm³/mol. The van der Waals surface area contributed by atoms with Crippen molar-refractivity contribution >= 4 is 39.4 Å². The predicted octanol–water partition coefficient (Wildman–Crippen LogP) is 2.54.